The number of rotatable bonds is 5. The van der Waals surface area contributed by atoms with E-state index in [0.717, 1.165) is 0 Å². The molecule has 2 atom stereocenters. The Labute approximate surface area is 64.0 Å². The summed E-state index contributed by atoms with van der Waals surface area (Å²) in [6, 6.07) is -0.711. The van der Waals surface area contributed by atoms with Crippen molar-refractivity contribution >= 4 is 5.97 Å². The lowest BCUT2D eigenvalue weighted by molar-refractivity contribution is -0.138. The fraction of sp³-hybridized carbons (Fsp3) is 0.833. The average Bonchev–Trinajstić information content (AvgIpc) is 1.98. The molecule has 0 aliphatic heterocycles. The molecule has 0 saturated heterocycles. The van der Waals surface area contributed by atoms with Crippen LogP contribution in [-0.2, 0) is 4.79 Å². The summed E-state index contributed by atoms with van der Waals surface area (Å²) in [5, 5.41) is 19.7. The van der Waals surface area contributed by atoms with Crippen molar-refractivity contribution in [1.29, 1.82) is 0 Å². The molecule has 2 unspecified atom stereocenters. The summed E-state index contributed by atoms with van der Waals surface area (Å²) >= 11 is 0. The Morgan fingerprint density at radius 2 is 2.27 bits per heavy atom. The van der Waals surface area contributed by atoms with Crippen LogP contribution in [0.15, 0.2) is 0 Å². The lowest BCUT2D eigenvalue weighted by Gasteiger charge is -2.17. The van der Waals surface area contributed by atoms with Crippen molar-refractivity contribution in [1.82, 2.24) is 5.32 Å². The van der Waals surface area contributed by atoms with E-state index in [1.54, 1.807) is 0 Å². The van der Waals surface area contributed by atoms with Gasteiger partial charge in [0.2, 0.25) is 0 Å². The molecule has 0 aromatic rings. The van der Waals surface area contributed by atoms with Gasteiger partial charge in [-0.1, -0.05) is 0 Å². The van der Waals surface area contributed by atoms with Gasteiger partial charge in [-0.05, 0) is 7.05 Å². The number of halogens is 1. The second kappa shape index (κ2) is 5.03. The molecule has 0 aromatic heterocycles. The maximum Gasteiger partial charge on any atom is 0.305 e. The molecule has 0 aromatic carbocycles. The molecule has 0 saturated carbocycles. The third-order valence-corrected chi connectivity index (χ3v) is 1.39. The lowest BCUT2D eigenvalue weighted by atomic mass is 10.1. The van der Waals surface area contributed by atoms with Crippen LogP contribution in [0.2, 0.25) is 0 Å². The van der Waals surface area contributed by atoms with E-state index in [1.165, 1.54) is 7.05 Å². The van der Waals surface area contributed by atoms with Gasteiger partial charge in [0.05, 0.1) is 12.5 Å². The van der Waals surface area contributed by atoms with Crippen LogP contribution in [0.4, 0.5) is 4.39 Å². The molecule has 0 fully saturated rings. The van der Waals surface area contributed by atoms with Crippen LogP contribution in [0, 0.1) is 0 Å². The van der Waals surface area contributed by atoms with Gasteiger partial charge in [-0.25, -0.2) is 4.39 Å². The molecule has 3 N–H and O–H groups in total. The molecule has 0 spiro atoms. The maximum absolute atomic E-state index is 11.8. The average molecular weight is 165 g/mol. The molecule has 66 valence electrons. The van der Waals surface area contributed by atoms with E-state index in [9.17, 15) is 9.18 Å². The van der Waals surface area contributed by atoms with Crippen LogP contribution < -0.4 is 5.32 Å². The number of nitrogens with one attached hydrogen (secondary N) is 1. The van der Waals surface area contributed by atoms with Gasteiger partial charge >= 0.3 is 5.97 Å². The van der Waals surface area contributed by atoms with Crippen LogP contribution in [0.3, 0.4) is 0 Å². The zero-order valence-electron chi connectivity index (χ0n) is 6.25. The Hall–Kier alpha value is -0.680. The van der Waals surface area contributed by atoms with Gasteiger partial charge in [0, 0.05) is 6.04 Å². The van der Waals surface area contributed by atoms with Gasteiger partial charge < -0.3 is 15.5 Å². The first kappa shape index (κ1) is 10.3. The molecule has 0 aliphatic carbocycles. The first-order valence-corrected chi connectivity index (χ1v) is 3.25. The van der Waals surface area contributed by atoms with Crippen molar-refractivity contribution in [2.24, 2.45) is 0 Å². The Morgan fingerprint density at radius 1 is 1.73 bits per heavy atom. The summed E-state index contributed by atoms with van der Waals surface area (Å²) in [7, 11) is 1.48. The molecule has 0 rings (SSSR count). The fourth-order valence-corrected chi connectivity index (χ4v) is 0.726. The molecular formula is C6H12FNO3. The Balaban J connectivity index is 3.84. The van der Waals surface area contributed by atoms with Gasteiger partial charge in [0.25, 0.3) is 0 Å². The van der Waals surface area contributed by atoms with E-state index in [-0.39, 0.29) is 6.42 Å². The number of aliphatic carboxylic acids is 1. The summed E-state index contributed by atoms with van der Waals surface area (Å²) in [5.74, 6) is -1.06. The highest BCUT2D eigenvalue weighted by molar-refractivity contribution is 5.67. The minimum absolute atomic E-state index is 0.276. The number of carboxylic acid groups (broad SMARTS) is 1. The highest BCUT2D eigenvalue weighted by atomic mass is 19.1. The number of aliphatic hydroxyl groups is 1. The number of likely N-dealkylation sites (N-methyl/N-ethyl adjacent to an activating group) is 1. The molecule has 0 radical (unpaired) electrons. The predicted molar refractivity (Wildman–Crippen MR) is 37.1 cm³/mol. The van der Waals surface area contributed by atoms with E-state index < -0.39 is 24.8 Å². The molecule has 0 heterocycles. The zero-order chi connectivity index (χ0) is 8.85. The van der Waals surface area contributed by atoms with E-state index in [4.69, 9.17) is 10.2 Å². The predicted octanol–water partition coefficient (Wildman–Crippen LogP) is -0.621. The van der Waals surface area contributed by atoms with Gasteiger partial charge in [-0.3, -0.25) is 4.79 Å². The third-order valence-electron chi connectivity index (χ3n) is 1.39. The number of hydrogen-bond acceptors (Lipinski definition) is 3. The summed E-state index contributed by atoms with van der Waals surface area (Å²) in [6.45, 7) is -0.932. The monoisotopic (exact) mass is 165 g/mol. The molecular weight excluding hydrogens is 153 g/mol. The Morgan fingerprint density at radius 3 is 2.55 bits per heavy atom. The Kier molecular flexibility index (Phi) is 4.72. The number of hydrogen-bond donors (Lipinski definition) is 3. The topological polar surface area (TPSA) is 69.6 Å². The molecule has 0 bridgehead atoms. The van der Waals surface area contributed by atoms with Crippen LogP contribution in [0.25, 0.3) is 0 Å². The highest BCUT2D eigenvalue weighted by Crippen LogP contribution is 1.99. The minimum atomic E-state index is -1.24. The second-order valence-corrected chi connectivity index (χ2v) is 2.21. The van der Waals surface area contributed by atoms with E-state index >= 15 is 0 Å². The number of carboxylic acids is 1. The molecule has 0 amide bonds. The van der Waals surface area contributed by atoms with E-state index in [1.807, 2.05) is 0 Å². The number of carbonyl (C=O) groups is 1. The van der Waals surface area contributed by atoms with Crippen molar-refractivity contribution in [2.45, 2.75) is 18.6 Å². The summed E-state index contributed by atoms with van der Waals surface area (Å²) < 4.78 is 11.8. The van der Waals surface area contributed by atoms with Crippen molar-refractivity contribution < 1.29 is 19.4 Å². The van der Waals surface area contributed by atoms with Gasteiger partial charge in [0.15, 0.2) is 0 Å². The quantitative estimate of drug-likeness (QED) is 0.507. The van der Waals surface area contributed by atoms with Crippen molar-refractivity contribution in [2.75, 3.05) is 13.7 Å². The fourth-order valence-electron chi connectivity index (χ4n) is 0.726. The van der Waals surface area contributed by atoms with Crippen molar-refractivity contribution in [3.8, 4) is 0 Å². The van der Waals surface area contributed by atoms with E-state index in [2.05, 4.69) is 5.32 Å². The first-order chi connectivity index (χ1) is 5.11. The van der Waals surface area contributed by atoms with Crippen LogP contribution in [0.1, 0.15) is 6.42 Å². The molecule has 4 nitrogen and oxygen atoms in total. The highest BCUT2D eigenvalue weighted by Gasteiger charge is 2.19. The largest absolute Gasteiger partial charge is 0.481 e. The van der Waals surface area contributed by atoms with Crippen LogP contribution >= 0.6 is 0 Å². The van der Waals surface area contributed by atoms with Crippen molar-refractivity contribution in [3.05, 3.63) is 0 Å². The minimum Gasteiger partial charge on any atom is -0.481 e. The Bertz CT molecular complexity index is 131. The molecule has 5 heteroatoms. The normalized spacial score (nSPS) is 15.9. The molecule has 0 aliphatic rings. The van der Waals surface area contributed by atoms with Crippen molar-refractivity contribution in [3.63, 3.8) is 0 Å². The first-order valence-electron chi connectivity index (χ1n) is 3.25. The van der Waals surface area contributed by atoms with E-state index in [0.29, 0.717) is 0 Å². The standard InChI is InChI=1S/C6H12FNO3/c1-8-4(2-6(10)11)5(9)3-7/h4-5,8-9H,2-3H2,1H3,(H,10,11). The smallest absolute Gasteiger partial charge is 0.305 e. The zero-order valence-corrected chi connectivity index (χ0v) is 6.25. The van der Waals surface area contributed by atoms with Crippen LogP contribution in [-0.4, -0.2) is 42.1 Å². The summed E-state index contributed by atoms with van der Waals surface area (Å²) in [6.07, 6.45) is -1.52. The lowest BCUT2D eigenvalue weighted by Crippen LogP contribution is -2.40. The molecule has 11 heavy (non-hydrogen) atoms. The second-order valence-electron chi connectivity index (χ2n) is 2.21. The SMILES string of the molecule is CNC(CC(=O)O)C(O)CF. The maximum atomic E-state index is 11.8. The third kappa shape index (κ3) is 3.90. The summed E-state index contributed by atoms with van der Waals surface area (Å²) in [5.41, 5.74) is 0. The van der Waals surface area contributed by atoms with Gasteiger partial charge in [-0.15, -0.1) is 0 Å². The number of aliphatic hydroxyl groups excluding tert-OH is 1. The number of alkyl halides is 1. The van der Waals surface area contributed by atoms with Gasteiger partial charge in [-0.2, -0.15) is 0 Å². The summed E-state index contributed by atoms with van der Waals surface area (Å²) in [4.78, 5) is 10.1. The van der Waals surface area contributed by atoms with Crippen LogP contribution in [0.5, 0.6) is 0 Å². The van der Waals surface area contributed by atoms with Gasteiger partial charge in [0.1, 0.15) is 6.67 Å².